The quantitative estimate of drug-likeness (QED) is 0.619. The molecule has 16 heavy (non-hydrogen) atoms. The van der Waals surface area contributed by atoms with Crippen LogP contribution in [0.2, 0.25) is 0 Å². The van der Waals surface area contributed by atoms with E-state index in [2.05, 4.69) is 26.2 Å². The topological polar surface area (TPSA) is 62.2 Å². The van der Waals surface area contributed by atoms with Crippen LogP contribution in [0.1, 0.15) is 29.6 Å². The summed E-state index contributed by atoms with van der Waals surface area (Å²) in [7, 11) is 0. The molecule has 1 rings (SSSR count). The summed E-state index contributed by atoms with van der Waals surface area (Å²) in [6.45, 7) is 0.847. The smallest absolute Gasteiger partial charge is 0.252 e. The van der Waals surface area contributed by atoms with Gasteiger partial charge in [-0.05, 0) is 47.3 Å². The second-order valence-electron chi connectivity index (χ2n) is 3.41. The van der Waals surface area contributed by atoms with Gasteiger partial charge in [0.15, 0.2) is 0 Å². The highest BCUT2D eigenvalue weighted by Crippen LogP contribution is 2.06. The highest BCUT2D eigenvalue weighted by molar-refractivity contribution is 9.10. The lowest BCUT2D eigenvalue weighted by Crippen LogP contribution is -2.24. The van der Waals surface area contributed by atoms with Crippen LogP contribution in [0, 0.1) is 0 Å². The minimum absolute atomic E-state index is 0.107. The molecule has 2 N–H and O–H groups in total. The zero-order valence-corrected chi connectivity index (χ0v) is 10.5. The number of unbranched alkanes of at least 4 members (excludes halogenated alkanes) is 2. The Balaban J connectivity index is 2.27. The molecule has 1 heterocycles. The summed E-state index contributed by atoms with van der Waals surface area (Å²) in [5.74, 6) is -0.107. The maximum atomic E-state index is 11.6. The van der Waals surface area contributed by atoms with E-state index in [9.17, 15) is 4.79 Å². The Morgan fingerprint density at radius 3 is 2.81 bits per heavy atom. The van der Waals surface area contributed by atoms with Gasteiger partial charge >= 0.3 is 0 Å². The molecule has 0 unspecified atom stereocenters. The predicted molar refractivity (Wildman–Crippen MR) is 65.2 cm³/mol. The van der Waals surface area contributed by atoms with Gasteiger partial charge in [0.05, 0.1) is 5.56 Å². The van der Waals surface area contributed by atoms with Crippen LogP contribution >= 0.6 is 15.9 Å². The predicted octanol–water partition coefficient (Wildman–Crippen LogP) is 1.74. The maximum absolute atomic E-state index is 11.6. The first kappa shape index (κ1) is 13.1. The third-order valence-electron chi connectivity index (χ3n) is 2.11. The monoisotopic (exact) mass is 286 g/mol. The number of rotatable bonds is 6. The first-order chi connectivity index (χ1) is 7.74. The second kappa shape index (κ2) is 7.35. The molecule has 0 bridgehead atoms. The maximum Gasteiger partial charge on any atom is 0.252 e. The van der Waals surface area contributed by atoms with Crippen LogP contribution in [0.25, 0.3) is 0 Å². The Labute approximate surface area is 103 Å². The molecule has 0 saturated carbocycles. The Morgan fingerprint density at radius 1 is 1.38 bits per heavy atom. The Morgan fingerprint density at radius 2 is 2.19 bits per heavy atom. The van der Waals surface area contributed by atoms with Crippen molar-refractivity contribution in [3.8, 4) is 0 Å². The van der Waals surface area contributed by atoms with Crippen LogP contribution in [-0.2, 0) is 0 Å². The highest BCUT2D eigenvalue weighted by Gasteiger charge is 2.04. The van der Waals surface area contributed by atoms with E-state index >= 15 is 0 Å². The molecule has 0 aliphatic heterocycles. The number of carbonyl (C=O) groups excluding carboxylic acids is 1. The lowest BCUT2D eigenvalue weighted by molar-refractivity contribution is 0.0952. The van der Waals surface area contributed by atoms with E-state index in [0.717, 1.165) is 19.3 Å². The van der Waals surface area contributed by atoms with Crippen LogP contribution in [0.3, 0.4) is 0 Å². The lowest BCUT2D eigenvalue weighted by Gasteiger charge is -2.04. The summed E-state index contributed by atoms with van der Waals surface area (Å²) in [4.78, 5) is 15.6. The van der Waals surface area contributed by atoms with Crippen molar-refractivity contribution in [2.24, 2.45) is 0 Å². The molecule has 0 atom stereocenters. The number of carbonyl (C=O) groups is 1. The minimum atomic E-state index is -0.107. The van der Waals surface area contributed by atoms with Crippen molar-refractivity contribution in [1.29, 1.82) is 0 Å². The van der Waals surface area contributed by atoms with Crippen molar-refractivity contribution < 1.29 is 9.90 Å². The number of amides is 1. The minimum Gasteiger partial charge on any atom is -0.396 e. The summed E-state index contributed by atoms with van der Waals surface area (Å²) in [6.07, 6.45) is 4.13. The van der Waals surface area contributed by atoms with Crippen molar-refractivity contribution in [2.75, 3.05) is 13.2 Å². The Bertz CT molecular complexity index is 327. The molecule has 0 aliphatic rings. The van der Waals surface area contributed by atoms with E-state index in [-0.39, 0.29) is 12.5 Å². The first-order valence-electron chi connectivity index (χ1n) is 5.24. The van der Waals surface area contributed by atoms with Gasteiger partial charge in [0, 0.05) is 19.3 Å². The molecule has 0 radical (unpaired) electrons. The number of hydrogen-bond acceptors (Lipinski definition) is 3. The third-order valence-corrected chi connectivity index (χ3v) is 2.58. The average Bonchev–Trinajstić information content (AvgIpc) is 2.29. The SMILES string of the molecule is O=C(NCCCCCO)c1ccc(Br)nc1. The highest BCUT2D eigenvalue weighted by atomic mass is 79.9. The van der Waals surface area contributed by atoms with Crippen molar-refractivity contribution in [2.45, 2.75) is 19.3 Å². The number of nitrogens with one attached hydrogen (secondary N) is 1. The van der Waals surface area contributed by atoms with Crippen LogP contribution < -0.4 is 5.32 Å². The van der Waals surface area contributed by atoms with Gasteiger partial charge in [-0.15, -0.1) is 0 Å². The standard InChI is InChI=1S/C11H15BrN2O2/c12-10-5-4-9(8-14-10)11(16)13-6-2-1-3-7-15/h4-5,8,15H,1-3,6-7H2,(H,13,16). The van der Waals surface area contributed by atoms with E-state index in [1.165, 1.54) is 6.20 Å². The van der Waals surface area contributed by atoms with Crippen LogP contribution in [0.4, 0.5) is 0 Å². The molecule has 5 heteroatoms. The molecular formula is C11H15BrN2O2. The molecule has 0 spiro atoms. The molecule has 88 valence electrons. The summed E-state index contributed by atoms with van der Waals surface area (Å²) in [5, 5.41) is 11.4. The van der Waals surface area contributed by atoms with Crippen LogP contribution in [0.15, 0.2) is 22.9 Å². The first-order valence-corrected chi connectivity index (χ1v) is 6.04. The van der Waals surface area contributed by atoms with Crippen molar-refractivity contribution >= 4 is 21.8 Å². The fourth-order valence-electron chi connectivity index (χ4n) is 1.23. The van der Waals surface area contributed by atoms with E-state index in [1.807, 2.05) is 0 Å². The van der Waals surface area contributed by atoms with Crippen molar-refractivity contribution in [3.05, 3.63) is 28.5 Å². The fourth-order valence-corrected chi connectivity index (χ4v) is 1.46. The van der Waals surface area contributed by atoms with Gasteiger partial charge < -0.3 is 10.4 Å². The zero-order chi connectivity index (χ0) is 11.8. The van der Waals surface area contributed by atoms with Crippen LogP contribution in [-0.4, -0.2) is 29.1 Å². The molecule has 0 aliphatic carbocycles. The van der Waals surface area contributed by atoms with Gasteiger partial charge in [-0.25, -0.2) is 4.98 Å². The molecule has 0 saturated heterocycles. The van der Waals surface area contributed by atoms with Crippen molar-refractivity contribution in [1.82, 2.24) is 10.3 Å². The number of aliphatic hydroxyl groups is 1. The fraction of sp³-hybridized carbons (Fsp3) is 0.455. The lowest BCUT2D eigenvalue weighted by atomic mass is 10.2. The van der Waals surface area contributed by atoms with Gasteiger partial charge in [-0.3, -0.25) is 4.79 Å². The van der Waals surface area contributed by atoms with E-state index in [0.29, 0.717) is 16.7 Å². The number of halogens is 1. The Kier molecular flexibility index (Phi) is 6.03. The molecule has 0 fully saturated rings. The summed E-state index contributed by atoms with van der Waals surface area (Å²) in [5.41, 5.74) is 0.561. The molecular weight excluding hydrogens is 272 g/mol. The molecule has 1 aromatic heterocycles. The number of hydrogen-bond donors (Lipinski definition) is 2. The Hall–Kier alpha value is -0.940. The van der Waals surface area contributed by atoms with Gasteiger partial charge in [-0.1, -0.05) is 0 Å². The van der Waals surface area contributed by atoms with Gasteiger partial charge in [-0.2, -0.15) is 0 Å². The summed E-state index contributed by atoms with van der Waals surface area (Å²) in [6, 6.07) is 3.46. The molecule has 1 aromatic rings. The second-order valence-corrected chi connectivity index (χ2v) is 4.22. The van der Waals surface area contributed by atoms with Crippen LogP contribution in [0.5, 0.6) is 0 Å². The van der Waals surface area contributed by atoms with Gasteiger partial charge in [0.25, 0.3) is 5.91 Å². The van der Waals surface area contributed by atoms with E-state index < -0.39 is 0 Å². The summed E-state index contributed by atoms with van der Waals surface area (Å²) < 4.78 is 0.715. The number of aliphatic hydroxyl groups excluding tert-OH is 1. The molecule has 4 nitrogen and oxygen atoms in total. The molecule has 0 aromatic carbocycles. The van der Waals surface area contributed by atoms with E-state index in [1.54, 1.807) is 12.1 Å². The largest absolute Gasteiger partial charge is 0.396 e. The van der Waals surface area contributed by atoms with Gasteiger partial charge in [0.2, 0.25) is 0 Å². The average molecular weight is 287 g/mol. The third kappa shape index (κ3) is 4.72. The number of aromatic nitrogens is 1. The zero-order valence-electron chi connectivity index (χ0n) is 8.95. The summed E-state index contributed by atoms with van der Waals surface area (Å²) >= 11 is 3.21. The normalized spacial score (nSPS) is 10.1. The van der Waals surface area contributed by atoms with Gasteiger partial charge in [0.1, 0.15) is 4.60 Å². The molecule has 1 amide bonds. The van der Waals surface area contributed by atoms with E-state index in [4.69, 9.17) is 5.11 Å². The number of pyridine rings is 1. The number of nitrogens with zero attached hydrogens (tertiary/aromatic N) is 1. The van der Waals surface area contributed by atoms with Crippen molar-refractivity contribution in [3.63, 3.8) is 0 Å².